The van der Waals surface area contributed by atoms with Crippen molar-refractivity contribution in [2.45, 2.75) is 40.0 Å². The van der Waals surface area contributed by atoms with Crippen molar-refractivity contribution < 1.29 is 9.90 Å². The summed E-state index contributed by atoms with van der Waals surface area (Å²) >= 11 is 0. The third kappa shape index (κ3) is 5.97. The number of amides is 1. The van der Waals surface area contributed by atoms with E-state index < -0.39 is 0 Å². The Morgan fingerprint density at radius 3 is 2.36 bits per heavy atom. The number of hydrogen-bond donors (Lipinski definition) is 2. The zero-order valence-electron chi connectivity index (χ0n) is 9.55. The fourth-order valence-electron chi connectivity index (χ4n) is 1.09. The Balaban J connectivity index is 3.44. The Kier molecular flexibility index (Phi) is 7.48. The van der Waals surface area contributed by atoms with E-state index in [4.69, 9.17) is 5.11 Å². The van der Waals surface area contributed by atoms with Crippen LogP contribution in [0.4, 0.5) is 0 Å². The maximum Gasteiger partial charge on any atom is 0.223 e. The molecule has 0 aliphatic heterocycles. The van der Waals surface area contributed by atoms with E-state index in [2.05, 4.69) is 19.2 Å². The molecule has 3 heteroatoms. The molecule has 0 heterocycles. The van der Waals surface area contributed by atoms with Crippen molar-refractivity contribution in [2.24, 2.45) is 11.8 Å². The molecule has 0 aromatic rings. The summed E-state index contributed by atoms with van der Waals surface area (Å²) in [5, 5.41) is 11.5. The van der Waals surface area contributed by atoms with Gasteiger partial charge in [-0.15, -0.1) is 0 Å². The van der Waals surface area contributed by atoms with Crippen molar-refractivity contribution in [1.82, 2.24) is 5.32 Å². The van der Waals surface area contributed by atoms with Crippen LogP contribution in [0.3, 0.4) is 0 Å². The van der Waals surface area contributed by atoms with Gasteiger partial charge in [0, 0.05) is 19.1 Å². The molecule has 84 valence electrons. The van der Waals surface area contributed by atoms with Crippen LogP contribution in [0, 0.1) is 11.8 Å². The lowest BCUT2D eigenvalue weighted by Gasteiger charge is -2.15. The second-order valence-corrected chi connectivity index (χ2v) is 4.11. The second kappa shape index (κ2) is 7.80. The Morgan fingerprint density at radius 2 is 1.86 bits per heavy atom. The van der Waals surface area contributed by atoms with Gasteiger partial charge >= 0.3 is 0 Å². The van der Waals surface area contributed by atoms with Gasteiger partial charge < -0.3 is 10.4 Å². The smallest absolute Gasteiger partial charge is 0.223 e. The van der Waals surface area contributed by atoms with Crippen molar-refractivity contribution in [2.75, 3.05) is 13.2 Å². The first-order chi connectivity index (χ1) is 6.59. The lowest BCUT2D eigenvalue weighted by molar-refractivity contribution is -0.125. The maximum absolute atomic E-state index is 11.5. The number of carbonyl (C=O) groups excluding carboxylic acids is 1. The second-order valence-electron chi connectivity index (χ2n) is 4.11. The van der Waals surface area contributed by atoms with Gasteiger partial charge in [-0.3, -0.25) is 4.79 Å². The summed E-state index contributed by atoms with van der Waals surface area (Å²) in [5.41, 5.74) is 0. The zero-order valence-corrected chi connectivity index (χ0v) is 9.55. The van der Waals surface area contributed by atoms with Crippen molar-refractivity contribution in [1.29, 1.82) is 0 Å². The lowest BCUT2D eigenvalue weighted by Crippen LogP contribution is -2.32. The van der Waals surface area contributed by atoms with Crippen LogP contribution in [-0.2, 0) is 4.79 Å². The SMILES string of the molecule is CC(C)C(C)C(=O)NCCCCCO. The van der Waals surface area contributed by atoms with Crippen molar-refractivity contribution in [3.05, 3.63) is 0 Å². The highest BCUT2D eigenvalue weighted by molar-refractivity contribution is 5.78. The summed E-state index contributed by atoms with van der Waals surface area (Å²) in [7, 11) is 0. The molecule has 0 saturated carbocycles. The molecule has 14 heavy (non-hydrogen) atoms. The Morgan fingerprint density at radius 1 is 1.21 bits per heavy atom. The largest absolute Gasteiger partial charge is 0.396 e. The summed E-state index contributed by atoms with van der Waals surface area (Å²) in [6.45, 7) is 7.03. The monoisotopic (exact) mass is 201 g/mol. The molecule has 0 aromatic heterocycles. The standard InChI is InChI=1S/C11H23NO2/c1-9(2)10(3)11(14)12-7-5-4-6-8-13/h9-10,13H,4-8H2,1-3H3,(H,12,14). The number of aliphatic hydroxyl groups excluding tert-OH is 1. The Hall–Kier alpha value is -0.570. The summed E-state index contributed by atoms with van der Waals surface area (Å²) in [5.74, 6) is 0.629. The van der Waals surface area contributed by atoms with Crippen LogP contribution >= 0.6 is 0 Å². The van der Waals surface area contributed by atoms with Crippen LogP contribution in [0.5, 0.6) is 0 Å². The molecule has 0 radical (unpaired) electrons. The highest BCUT2D eigenvalue weighted by atomic mass is 16.2. The number of hydrogen-bond acceptors (Lipinski definition) is 2. The highest BCUT2D eigenvalue weighted by Crippen LogP contribution is 2.08. The van der Waals surface area contributed by atoms with Gasteiger partial charge in [0.1, 0.15) is 0 Å². The summed E-state index contributed by atoms with van der Waals surface area (Å²) in [4.78, 5) is 11.5. The Bertz CT molecular complexity index is 157. The van der Waals surface area contributed by atoms with Crippen molar-refractivity contribution in [3.63, 3.8) is 0 Å². The van der Waals surface area contributed by atoms with E-state index in [1.807, 2.05) is 6.92 Å². The van der Waals surface area contributed by atoms with Crippen LogP contribution in [0.25, 0.3) is 0 Å². The van der Waals surface area contributed by atoms with E-state index in [9.17, 15) is 4.79 Å². The van der Waals surface area contributed by atoms with Gasteiger partial charge in [0.2, 0.25) is 5.91 Å². The first-order valence-electron chi connectivity index (χ1n) is 5.48. The van der Waals surface area contributed by atoms with Crippen LogP contribution in [0.2, 0.25) is 0 Å². The molecule has 1 atom stereocenters. The third-order valence-electron chi connectivity index (χ3n) is 2.55. The molecule has 3 nitrogen and oxygen atoms in total. The average Bonchev–Trinajstić information content (AvgIpc) is 2.16. The van der Waals surface area contributed by atoms with Gasteiger partial charge in [-0.25, -0.2) is 0 Å². The average molecular weight is 201 g/mol. The first-order valence-corrected chi connectivity index (χ1v) is 5.48. The predicted octanol–water partition coefficient (Wildman–Crippen LogP) is 1.56. The molecule has 2 N–H and O–H groups in total. The molecule has 1 unspecified atom stereocenters. The molecule has 0 fully saturated rings. The zero-order chi connectivity index (χ0) is 11.0. The van der Waals surface area contributed by atoms with E-state index in [1.54, 1.807) is 0 Å². The molecule has 0 aromatic carbocycles. The first kappa shape index (κ1) is 13.4. The van der Waals surface area contributed by atoms with Crippen molar-refractivity contribution in [3.8, 4) is 0 Å². The summed E-state index contributed by atoms with van der Waals surface area (Å²) < 4.78 is 0. The highest BCUT2D eigenvalue weighted by Gasteiger charge is 2.15. The van der Waals surface area contributed by atoms with Gasteiger partial charge in [0.25, 0.3) is 0 Å². The summed E-state index contributed by atoms with van der Waals surface area (Å²) in [6.07, 6.45) is 2.76. The molecule has 0 rings (SSSR count). The van der Waals surface area contributed by atoms with Crippen molar-refractivity contribution >= 4 is 5.91 Å². The van der Waals surface area contributed by atoms with Crippen LogP contribution in [0.1, 0.15) is 40.0 Å². The predicted molar refractivity (Wildman–Crippen MR) is 57.9 cm³/mol. The molecule has 1 amide bonds. The Labute approximate surface area is 86.9 Å². The number of carbonyl (C=O) groups is 1. The van der Waals surface area contributed by atoms with E-state index in [-0.39, 0.29) is 18.4 Å². The van der Waals surface area contributed by atoms with E-state index in [0.29, 0.717) is 5.92 Å². The number of aliphatic hydroxyl groups is 1. The minimum Gasteiger partial charge on any atom is -0.396 e. The fraction of sp³-hybridized carbons (Fsp3) is 0.909. The third-order valence-corrected chi connectivity index (χ3v) is 2.55. The van der Waals surface area contributed by atoms with Gasteiger partial charge in [-0.05, 0) is 25.2 Å². The van der Waals surface area contributed by atoms with E-state index >= 15 is 0 Å². The molecule has 0 aliphatic carbocycles. The molecule has 0 spiro atoms. The van der Waals surface area contributed by atoms with Gasteiger partial charge in [0.05, 0.1) is 0 Å². The molecular formula is C11H23NO2. The van der Waals surface area contributed by atoms with Gasteiger partial charge in [-0.1, -0.05) is 20.8 Å². The number of rotatable bonds is 7. The van der Waals surface area contributed by atoms with Crippen LogP contribution in [-0.4, -0.2) is 24.2 Å². The van der Waals surface area contributed by atoms with E-state index in [0.717, 1.165) is 25.8 Å². The van der Waals surface area contributed by atoms with Crippen LogP contribution < -0.4 is 5.32 Å². The van der Waals surface area contributed by atoms with Crippen LogP contribution in [0.15, 0.2) is 0 Å². The normalized spacial score (nSPS) is 12.9. The molecule has 0 aliphatic rings. The molecule has 0 bridgehead atoms. The fourth-order valence-corrected chi connectivity index (χ4v) is 1.09. The number of nitrogens with one attached hydrogen (secondary N) is 1. The summed E-state index contributed by atoms with van der Waals surface area (Å²) in [6, 6.07) is 0. The van der Waals surface area contributed by atoms with Gasteiger partial charge in [-0.2, -0.15) is 0 Å². The van der Waals surface area contributed by atoms with Gasteiger partial charge in [0.15, 0.2) is 0 Å². The molecular weight excluding hydrogens is 178 g/mol. The molecule has 0 saturated heterocycles. The minimum atomic E-state index is 0.0906. The topological polar surface area (TPSA) is 49.3 Å². The number of unbranched alkanes of at least 4 members (excludes halogenated alkanes) is 2. The maximum atomic E-state index is 11.5. The van der Waals surface area contributed by atoms with E-state index in [1.165, 1.54) is 0 Å². The minimum absolute atomic E-state index is 0.0906. The quantitative estimate of drug-likeness (QED) is 0.614. The lowest BCUT2D eigenvalue weighted by atomic mass is 9.97.